The van der Waals surface area contributed by atoms with Crippen molar-refractivity contribution in [2.75, 3.05) is 23.7 Å². The van der Waals surface area contributed by atoms with Crippen LogP contribution in [0.3, 0.4) is 0 Å². The summed E-state index contributed by atoms with van der Waals surface area (Å²) >= 11 is 6.13. The fraction of sp³-hybridized carbons (Fsp3) is 0.361. The zero-order valence-corrected chi connectivity index (χ0v) is 26.9. The third kappa shape index (κ3) is 7.22. The van der Waals surface area contributed by atoms with E-state index in [2.05, 4.69) is 36.7 Å². The first-order chi connectivity index (χ1) is 21.0. The third-order valence-corrected chi connectivity index (χ3v) is 8.75. The molecule has 1 aliphatic rings. The Hall–Kier alpha value is -3.94. The summed E-state index contributed by atoms with van der Waals surface area (Å²) in [6, 6.07) is 24.7. The predicted molar refractivity (Wildman–Crippen MR) is 179 cm³/mol. The van der Waals surface area contributed by atoms with Crippen LogP contribution in [-0.4, -0.2) is 34.7 Å². The molecule has 4 aromatic rings. The van der Waals surface area contributed by atoms with Gasteiger partial charge < -0.3 is 10.6 Å². The second kappa shape index (κ2) is 13.4. The summed E-state index contributed by atoms with van der Waals surface area (Å²) in [6.07, 6.45) is 1.77. The Bertz CT molecular complexity index is 1600. The molecule has 8 heteroatoms. The van der Waals surface area contributed by atoms with Gasteiger partial charge in [-0.25, -0.2) is 9.48 Å². The zero-order chi connectivity index (χ0) is 31.4. The lowest BCUT2D eigenvalue weighted by molar-refractivity contribution is -0.123. The number of amides is 2. The minimum Gasteiger partial charge on any atom is -0.317 e. The van der Waals surface area contributed by atoms with Crippen LogP contribution < -0.4 is 16.0 Å². The lowest BCUT2D eigenvalue weighted by atomic mass is 9.73. The number of aromatic nitrogens is 2. The van der Waals surface area contributed by atoms with Crippen LogP contribution in [0.1, 0.15) is 74.8 Å². The first-order valence-corrected chi connectivity index (χ1v) is 15.7. The number of para-hydroxylation sites is 1. The molecule has 2 heterocycles. The van der Waals surface area contributed by atoms with Gasteiger partial charge in [-0.15, -0.1) is 0 Å². The van der Waals surface area contributed by atoms with E-state index in [1.807, 2.05) is 92.7 Å². The van der Waals surface area contributed by atoms with Crippen LogP contribution in [0.25, 0.3) is 5.69 Å². The Morgan fingerprint density at radius 2 is 1.61 bits per heavy atom. The molecule has 230 valence electrons. The van der Waals surface area contributed by atoms with Crippen molar-refractivity contribution in [3.8, 4) is 5.69 Å². The van der Waals surface area contributed by atoms with Gasteiger partial charge in [0.1, 0.15) is 11.6 Å². The van der Waals surface area contributed by atoms with E-state index in [1.165, 1.54) is 0 Å². The maximum absolute atomic E-state index is 14.3. The van der Waals surface area contributed by atoms with Gasteiger partial charge in [0.2, 0.25) is 0 Å². The highest BCUT2D eigenvalue weighted by Crippen LogP contribution is 2.39. The van der Waals surface area contributed by atoms with Gasteiger partial charge in [0.05, 0.1) is 11.4 Å². The molecular weight excluding hydrogens is 570 g/mol. The number of Topliss-reactive ketones (excluding diaryl/α,β-unsaturated/α-hetero) is 1. The fourth-order valence-corrected chi connectivity index (χ4v) is 6.00. The molecule has 2 unspecified atom stereocenters. The first kappa shape index (κ1) is 31.5. The van der Waals surface area contributed by atoms with Crippen LogP contribution >= 0.6 is 11.6 Å². The Morgan fingerprint density at radius 1 is 0.955 bits per heavy atom. The van der Waals surface area contributed by atoms with Crippen molar-refractivity contribution in [3.63, 3.8) is 0 Å². The number of aryl methyl sites for hydroxylation is 1. The molecule has 44 heavy (non-hydrogen) atoms. The van der Waals surface area contributed by atoms with E-state index in [4.69, 9.17) is 16.7 Å². The van der Waals surface area contributed by atoms with Crippen molar-refractivity contribution in [3.05, 3.63) is 106 Å². The number of nitrogens with zero attached hydrogens (tertiary/aromatic N) is 2. The molecule has 1 aromatic heterocycles. The number of hydrogen-bond donors (Lipinski definition) is 3. The van der Waals surface area contributed by atoms with Crippen LogP contribution in [0.2, 0.25) is 5.02 Å². The monoisotopic (exact) mass is 611 g/mol. The molecule has 3 N–H and O–H groups in total. The summed E-state index contributed by atoms with van der Waals surface area (Å²) in [5, 5.41) is 15.0. The Kier molecular flexibility index (Phi) is 9.56. The highest BCUT2D eigenvalue weighted by molar-refractivity contribution is 6.30. The number of urea groups is 1. The highest BCUT2D eigenvalue weighted by Gasteiger charge is 2.35. The van der Waals surface area contributed by atoms with Gasteiger partial charge in [-0.05, 0) is 80.2 Å². The van der Waals surface area contributed by atoms with Gasteiger partial charge in [0.15, 0.2) is 0 Å². The van der Waals surface area contributed by atoms with Gasteiger partial charge in [0, 0.05) is 34.0 Å². The Morgan fingerprint density at radius 3 is 2.27 bits per heavy atom. The van der Waals surface area contributed by atoms with E-state index in [9.17, 15) is 9.59 Å². The smallest absolute Gasteiger partial charge is 0.317 e. The van der Waals surface area contributed by atoms with E-state index < -0.39 is 6.03 Å². The summed E-state index contributed by atoms with van der Waals surface area (Å²) in [7, 11) is 0. The van der Waals surface area contributed by atoms with Crippen molar-refractivity contribution in [1.29, 1.82) is 0 Å². The first-order valence-electron chi connectivity index (χ1n) is 15.4. The van der Waals surface area contributed by atoms with Gasteiger partial charge >= 0.3 is 6.03 Å². The largest absolute Gasteiger partial charge is 0.324 e. The average molecular weight is 612 g/mol. The molecule has 0 bridgehead atoms. The van der Waals surface area contributed by atoms with Crippen LogP contribution in [-0.2, 0) is 10.2 Å². The molecule has 7 nitrogen and oxygen atoms in total. The number of piperidine rings is 1. The van der Waals surface area contributed by atoms with E-state index in [0.29, 0.717) is 16.5 Å². The van der Waals surface area contributed by atoms with Crippen molar-refractivity contribution >= 4 is 34.9 Å². The van der Waals surface area contributed by atoms with E-state index in [1.54, 1.807) is 4.68 Å². The summed E-state index contributed by atoms with van der Waals surface area (Å²) in [4.78, 5) is 27.9. The number of benzene rings is 3. The number of ketones is 1. The van der Waals surface area contributed by atoms with Gasteiger partial charge in [-0.1, -0.05) is 87.3 Å². The van der Waals surface area contributed by atoms with Gasteiger partial charge in [0.25, 0.3) is 0 Å². The summed E-state index contributed by atoms with van der Waals surface area (Å²) < 4.78 is 1.76. The fourth-order valence-electron chi connectivity index (χ4n) is 5.87. The number of nitrogens with one attached hydrogen (secondary N) is 3. The molecule has 1 saturated heterocycles. The van der Waals surface area contributed by atoms with Gasteiger partial charge in [-0.2, -0.15) is 5.10 Å². The SMILES string of the molecule is Cc1ccc(-n2nc(C(C)(C)C)cc2NC(=O)Nc2ccccc2C(C(=O)C(C)c2ccc(Cl)cc2)C2CCNCC2)cc1. The van der Waals surface area contributed by atoms with Crippen molar-refractivity contribution in [2.45, 2.75) is 64.7 Å². The van der Waals surface area contributed by atoms with Crippen LogP contribution in [0.5, 0.6) is 0 Å². The quantitative estimate of drug-likeness (QED) is 0.187. The molecule has 0 saturated carbocycles. The zero-order valence-electron chi connectivity index (χ0n) is 26.2. The van der Waals surface area contributed by atoms with E-state index in [-0.39, 0.29) is 29.0 Å². The molecule has 5 rings (SSSR count). The molecule has 1 fully saturated rings. The Balaban J connectivity index is 1.45. The van der Waals surface area contributed by atoms with Crippen LogP contribution in [0.4, 0.5) is 16.3 Å². The lowest BCUT2D eigenvalue weighted by Crippen LogP contribution is -2.35. The summed E-state index contributed by atoms with van der Waals surface area (Å²) in [6.45, 7) is 12.0. The maximum Gasteiger partial charge on any atom is 0.324 e. The molecular formula is C36H42ClN5O2. The second-order valence-electron chi connectivity index (χ2n) is 12.8. The Labute approximate surface area is 265 Å². The van der Waals surface area contributed by atoms with Crippen LogP contribution in [0, 0.1) is 12.8 Å². The molecule has 0 radical (unpaired) electrons. The standard InChI is InChI=1S/C36H42ClN5O2/c1-23-10-16-28(17-11-23)42-32(22-31(41-42)36(3,4)5)40-35(44)39-30-9-7-6-8-29(30)33(26-18-20-38-21-19-26)34(43)24(2)25-12-14-27(37)15-13-25/h6-17,22,24,26,33,38H,18-21H2,1-5H3,(H2,39,40,44). The molecule has 0 spiro atoms. The predicted octanol–water partition coefficient (Wildman–Crippen LogP) is 8.23. The number of anilines is 2. The number of rotatable bonds is 8. The highest BCUT2D eigenvalue weighted by atomic mass is 35.5. The molecule has 0 aliphatic carbocycles. The van der Waals surface area contributed by atoms with Crippen LogP contribution in [0.15, 0.2) is 78.9 Å². The number of carbonyl (C=O) groups excluding carboxylic acids is 2. The minimum absolute atomic E-state index is 0.140. The topological polar surface area (TPSA) is 88.1 Å². The van der Waals surface area contributed by atoms with Crippen molar-refractivity contribution < 1.29 is 9.59 Å². The molecule has 1 aliphatic heterocycles. The number of carbonyl (C=O) groups is 2. The summed E-state index contributed by atoms with van der Waals surface area (Å²) in [5.74, 6) is 0.164. The van der Waals surface area contributed by atoms with Crippen molar-refractivity contribution in [1.82, 2.24) is 15.1 Å². The molecule has 2 atom stereocenters. The van der Waals surface area contributed by atoms with Crippen molar-refractivity contribution in [2.24, 2.45) is 5.92 Å². The van der Waals surface area contributed by atoms with Gasteiger partial charge in [-0.3, -0.25) is 10.1 Å². The minimum atomic E-state index is -0.395. The average Bonchev–Trinajstić information content (AvgIpc) is 3.43. The maximum atomic E-state index is 14.3. The normalized spacial score (nSPS) is 15.4. The third-order valence-electron chi connectivity index (χ3n) is 8.50. The molecule has 3 aromatic carbocycles. The van der Waals surface area contributed by atoms with E-state index >= 15 is 0 Å². The summed E-state index contributed by atoms with van der Waals surface area (Å²) in [5.41, 5.74) is 5.05. The second-order valence-corrected chi connectivity index (χ2v) is 13.3. The van der Waals surface area contributed by atoms with E-state index in [0.717, 1.165) is 54.0 Å². The number of hydrogen-bond acceptors (Lipinski definition) is 4. The number of halogens is 1. The molecule has 2 amide bonds. The lowest BCUT2D eigenvalue weighted by Gasteiger charge is -2.33.